The fourth-order valence-corrected chi connectivity index (χ4v) is 4.77. The van der Waals surface area contributed by atoms with E-state index in [-0.39, 0.29) is 18.2 Å². The second kappa shape index (κ2) is 7.65. The molecule has 0 radical (unpaired) electrons. The van der Waals surface area contributed by atoms with E-state index in [4.69, 9.17) is 0 Å². The van der Waals surface area contributed by atoms with E-state index in [0.29, 0.717) is 42.6 Å². The molecule has 0 spiro atoms. The Morgan fingerprint density at radius 2 is 1.92 bits per heavy atom. The van der Waals surface area contributed by atoms with Crippen LogP contribution in [-0.2, 0) is 14.8 Å². The maximum Gasteiger partial charge on any atom is 0.311 e. The first-order valence-electron chi connectivity index (χ1n) is 8.79. The van der Waals surface area contributed by atoms with E-state index in [1.165, 1.54) is 4.31 Å². The van der Waals surface area contributed by atoms with Gasteiger partial charge in [-0.05, 0) is 49.9 Å². The molecule has 2 N–H and O–H groups in total. The van der Waals surface area contributed by atoms with Gasteiger partial charge in [0.15, 0.2) is 0 Å². The van der Waals surface area contributed by atoms with Gasteiger partial charge in [-0.15, -0.1) is 0 Å². The van der Waals surface area contributed by atoms with Crippen LogP contribution in [0.1, 0.15) is 49.0 Å². The largest absolute Gasteiger partial charge is 0.481 e. The summed E-state index contributed by atoms with van der Waals surface area (Å²) in [6, 6.07) is 4.89. The molecule has 0 saturated carbocycles. The molecule has 0 bridgehead atoms. The van der Waals surface area contributed by atoms with Crippen molar-refractivity contribution in [3.63, 3.8) is 0 Å². The molecule has 1 fully saturated rings. The number of carboxylic acids is 1. The highest BCUT2D eigenvalue weighted by atomic mass is 32.2. The van der Waals surface area contributed by atoms with Crippen molar-refractivity contribution >= 4 is 27.6 Å². The third-order valence-corrected chi connectivity index (χ3v) is 7.11. The van der Waals surface area contributed by atoms with Crippen molar-refractivity contribution < 1.29 is 23.1 Å². The number of carboxylic acid groups (broad SMARTS) is 1. The van der Waals surface area contributed by atoms with Gasteiger partial charge in [-0.3, -0.25) is 13.9 Å². The summed E-state index contributed by atoms with van der Waals surface area (Å²) in [4.78, 5) is 24.0. The minimum atomic E-state index is -3.27. The van der Waals surface area contributed by atoms with E-state index in [1.54, 1.807) is 39.0 Å². The van der Waals surface area contributed by atoms with Crippen molar-refractivity contribution in [2.75, 3.05) is 23.1 Å². The number of aryl methyl sites for hydroxylation is 1. The lowest BCUT2D eigenvalue weighted by Crippen LogP contribution is -2.42. The van der Waals surface area contributed by atoms with Crippen LogP contribution >= 0.6 is 0 Å². The third-order valence-electron chi connectivity index (χ3n) is 5.24. The number of nitrogens with zero attached hydrogens (tertiary/aromatic N) is 1. The molecular formula is C18H26N2O5S. The minimum absolute atomic E-state index is 0.0515. The van der Waals surface area contributed by atoms with Crippen molar-refractivity contribution in [3.05, 3.63) is 29.3 Å². The molecular weight excluding hydrogens is 356 g/mol. The fraction of sp³-hybridized carbons (Fsp3) is 0.556. The van der Waals surface area contributed by atoms with Gasteiger partial charge >= 0.3 is 5.97 Å². The van der Waals surface area contributed by atoms with E-state index in [9.17, 15) is 23.1 Å². The van der Waals surface area contributed by atoms with E-state index >= 15 is 0 Å². The maximum atomic E-state index is 12.5. The van der Waals surface area contributed by atoms with Gasteiger partial charge < -0.3 is 10.4 Å². The molecule has 1 heterocycles. The number of carbonyl (C=O) groups excluding carboxylic acids is 1. The Balaban J connectivity index is 2.16. The van der Waals surface area contributed by atoms with Crippen LogP contribution in [0.25, 0.3) is 0 Å². The molecule has 1 saturated heterocycles. The average Bonchev–Trinajstić information content (AvgIpc) is 2.94. The molecule has 0 atom stereocenters. The normalized spacial score (nSPS) is 16.5. The zero-order valence-corrected chi connectivity index (χ0v) is 16.2. The molecule has 144 valence electrons. The van der Waals surface area contributed by atoms with Gasteiger partial charge in [0.05, 0.1) is 16.9 Å². The molecule has 7 nitrogen and oxygen atoms in total. The third kappa shape index (κ3) is 3.85. The minimum Gasteiger partial charge on any atom is -0.481 e. The first-order valence-corrected chi connectivity index (χ1v) is 10.4. The Bertz CT molecular complexity index is 800. The van der Waals surface area contributed by atoms with E-state index in [0.717, 1.165) is 0 Å². The molecule has 1 aromatic carbocycles. The van der Waals surface area contributed by atoms with Gasteiger partial charge in [-0.1, -0.05) is 13.8 Å². The second-order valence-corrected chi connectivity index (χ2v) is 8.73. The maximum absolute atomic E-state index is 12.5. The number of amides is 1. The molecule has 2 rings (SSSR count). The van der Waals surface area contributed by atoms with Crippen LogP contribution in [0.4, 0.5) is 5.69 Å². The number of rotatable bonds is 7. The highest BCUT2D eigenvalue weighted by Gasteiger charge is 2.35. The van der Waals surface area contributed by atoms with E-state index in [2.05, 4.69) is 5.32 Å². The smallest absolute Gasteiger partial charge is 0.311 e. The number of sulfonamides is 1. The van der Waals surface area contributed by atoms with Crippen LogP contribution in [-0.4, -0.2) is 44.2 Å². The summed E-state index contributed by atoms with van der Waals surface area (Å²) in [5, 5.41) is 12.2. The Morgan fingerprint density at radius 1 is 1.27 bits per heavy atom. The molecule has 0 unspecified atom stereocenters. The van der Waals surface area contributed by atoms with Gasteiger partial charge in [-0.2, -0.15) is 0 Å². The summed E-state index contributed by atoms with van der Waals surface area (Å²) in [6.07, 6.45) is 1.43. The Hall–Kier alpha value is -2.09. The molecule has 8 heteroatoms. The SMILES string of the molecule is CCC(CC)(CNC(=O)c1ccc(N2CCCS2(=O)=O)cc1C)C(=O)O. The number of aliphatic carboxylic acids is 1. The molecule has 1 aliphatic rings. The summed E-state index contributed by atoms with van der Waals surface area (Å²) < 4.78 is 25.4. The Kier molecular flexibility index (Phi) is 5.95. The topological polar surface area (TPSA) is 104 Å². The standard InChI is InChI=1S/C18H26N2O5S/c1-4-18(5-2,17(22)23)12-19-16(21)15-8-7-14(11-13(15)3)20-9-6-10-26(20,24)25/h7-8,11H,4-6,9-10,12H2,1-3H3,(H,19,21)(H,22,23). The Labute approximate surface area is 154 Å². The van der Waals surface area contributed by atoms with Gasteiger partial charge in [0.2, 0.25) is 10.0 Å². The summed E-state index contributed by atoms with van der Waals surface area (Å²) >= 11 is 0. The van der Waals surface area contributed by atoms with Crippen LogP contribution in [0.3, 0.4) is 0 Å². The lowest BCUT2D eigenvalue weighted by Gasteiger charge is -2.27. The highest BCUT2D eigenvalue weighted by Crippen LogP contribution is 2.27. The van der Waals surface area contributed by atoms with E-state index < -0.39 is 21.4 Å². The molecule has 0 aliphatic carbocycles. The Morgan fingerprint density at radius 3 is 2.38 bits per heavy atom. The van der Waals surface area contributed by atoms with Gasteiger partial charge in [0.25, 0.3) is 5.91 Å². The quantitative estimate of drug-likeness (QED) is 0.752. The highest BCUT2D eigenvalue weighted by molar-refractivity contribution is 7.93. The summed E-state index contributed by atoms with van der Waals surface area (Å²) in [6.45, 7) is 5.82. The number of benzene rings is 1. The molecule has 26 heavy (non-hydrogen) atoms. The zero-order valence-electron chi connectivity index (χ0n) is 15.4. The monoisotopic (exact) mass is 382 g/mol. The number of nitrogens with one attached hydrogen (secondary N) is 1. The predicted molar refractivity (Wildman–Crippen MR) is 99.9 cm³/mol. The average molecular weight is 382 g/mol. The van der Waals surface area contributed by atoms with E-state index in [1.807, 2.05) is 0 Å². The van der Waals surface area contributed by atoms with Crippen LogP contribution in [0.5, 0.6) is 0 Å². The number of anilines is 1. The lowest BCUT2D eigenvalue weighted by atomic mass is 9.82. The predicted octanol–water partition coefficient (Wildman–Crippen LogP) is 2.16. The van der Waals surface area contributed by atoms with Crippen LogP contribution < -0.4 is 9.62 Å². The molecule has 0 aromatic heterocycles. The fourth-order valence-electron chi connectivity index (χ4n) is 3.21. The summed E-state index contributed by atoms with van der Waals surface area (Å²) in [5.41, 5.74) is 0.638. The second-order valence-electron chi connectivity index (χ2n) is 6.72. The molecule has 1 amide bonds. The summed E-state index contributed by atoms with van der Waals surface area (Å²) in [5.74, 6) is -1.14. The van der Waals surface area contributed by atoms with Gasteiger partial charge in [0, 0.05) is 18.7 Å². The summed E-state index contributed by atoms with van der Waals surface area (Å²) in [7, 11) is -3.27. The lowest BCUT2D eigenvalue weighted by molar-refractivity contribution is -0.149. The number of carbonyl (C=O) groups is 2. The van der Waals surface area contributed by atoms with Crippen molar-refractivity contribution in [1.82, 2.24) is 5.32 Å². The number of hydrogen-bond donors (Lipinski definition) is 2. The van der Waals surface area contributed by atoms with Crippen molar-refractivity contribution in [1.29, 1.82) is 0 Å². The molecule has 1 aliphatic heterocycles. The van der Waals surface area contributed by atoms with Crippen LogP contribution in [0.2, 0.25) is 0 Å². The zero-order chi connectivity index (χ0) is 19.5. The number of hydrogen-bond acceptors (Lipinski definition) is 4. The van der Waals surface area contributed by atoms with Gasteiger partial charge in [0.1, 0.15) is 0 Å². The van der Waals surface area contributed by atoms with Crippen LogP contribution in [0.15, 0.2) is 18.2 Å². The first kappa shape index (κ1) is 20.2. The molecule has 1 aromatic rings. The first-order chi connectivity index (χ1) is 12.2. The van der Waals surface area contributed by atoms with Crippen LogP contribution in [0, 0.1) is 12.3 Å². The van der Waals surface area contributed by atoms with Crippen molar-refractivity contribution in [2.24, 2.45) is 5.41 Å². The van der Waals surface area contributed by atoms with Crippen molar-refractivity contribution in [2.45, 2.75) is 40.0 Å². The van der Waals surface area contributed by atoms with Gasteiger partial charge in [-0.25, -0.2) is 8.42 Å². The van der Waals surface area contributed by atoms with Crippen molar-refractivity contribution in [3.8, 4) is 0 Å².